The predicted octanol–water partition coefficient (Wildman–Crippen LogP) is 3.16. The van der Waals surface area contributed by atoms with E-state index in [0.29, 0.717) is 0 Å². The Morgan fingerprint density at radius 3 is 2.82 bits per heavy atom. The lowest BCUT2D eigenvalue weighted by molar-refractivity contribution is -0.140. The lowest BCUT2D eigenvalue weighted by Crippen LogP contribution is -2.51. The second-order valence-corrected chi connectivity index (χ2v) is 8.79. The van der Waals surface area contributed by atoms with Gasteiger partial charge in [0.1, 0.15) is 23.4 Å². The number of thioether (sulfide) groups is 1. The molecule has 1 aromatic heterocycles. The van der Waals surface area contributed by atoms with Crippen molar-refractivity contribution in [1.29, 1.82) is 0 Å². The molecule has 0 N–H and O–H groups in total. The zero-order valence-electron chi connectivity index (χ0n) is 16.2. The minimum Gasteiger partial charge on any atom is -0.356 e. The van der Waals surface area contributed by atoms with E-state index in [2.05, 4.69) is 33.1 Å². The van der Waals surface area contributed by atoms with Crippen LogP contribution in [0.4, 0.5) is 5.82 Å². The number of hydrogen-bond donors (Lipinski definition) is 0. The summed E-state index contributed by atoms with van der Waals surface area (Å²) in [7, 11) is 0. The molecule has 5 rings (SSSR count). The van der Waals surface area contributed by atoms with Crippen LogP contribution in [0, 0.1) is 0 Å². The van der Waals surface area contributed by atoms with Gasteiger partial charge in [0.25, 0.3) is 5.91 Å². The van der Waals surface area contributed by atoms with Crippen LogP contribution in [0.5, 0.6) is 0 Å². The molecule has 0 bridgehead atoms. The van der Waals surface area contributed by atoms with E-state index < -0.39 is 5.60 Å². The normalized spacial score (nSPS) is 28.8. The summed E-state index contributed by atoms with van der Waals surface area (Å²) >= 11 is 1.62. The maximum absolute atomic E-state index is 13.5. The molecule has 1 amide bonds. The molecule has 0 unspecified atom stereocenters. The number of hydrogen-bond acceptors (Lipinski definition) is 6. The third kappa shape index (κ3) is 2.95. The van der Waals surface area contributed by atoms with Gasteiger partial charge in [-0.3, -0.25) is 4.79 Å². The molecule has 148 valence electrons. The van der Waals surface area contributed by atoms with E-state index in [1.807, 2.05) is 17.2 Å². The number of allylic oxidation sites excluding steroid dienone is 2. The van der Waals surface area contributed by atoms with Gasteiger partial charge in [0.05, 0.1) is 6.04 Å². The van der Waals surface area contributed by atoms with Crippen LogP contribution in [-0.4, -0.2) is 58.0 Å². The molecule has 6 nitrogen and oxygen atoms in total. The maximum Gasteiger partial charge on any atom is 0.257 e. The Hall–Kier alpha value is -1.86. The first-order valence-electron chi connectivity index (χ1n) is 10.2. The van der Waals surface area contributed by atoms with Crippen molar-refractivity contribution >= 4 is 23.5 Å². The SMILES string of the molecule is CSc1cc(N2CCC3(CC2)O[C@@H]2CC[C@@H](C4=CCCC=C4)N2C3=O)ncn1. The average molecular weight is 399 g/mol. The molecule has 2 atom stereocenters. The highest BCUT2D eigenvalue weighted by Gasteiger charge is 2.58. The van der Waals surface area contributed by atoms with Gasteiger partial charge < -0.3 is 14.5 Å². The lowest BCUT2D eigenvalue weighted by Gasteiger charge is -2.38. The predicted molar refractivity (Wildman–Crippen MR) is 109 cm³/mol. The molecule has 4 aliphatic rings. The Morgan fingerprint density at radius 2 is 2.07 bits per heavy atom. The number of ether oxygens (including phenoxy) is 1. The van der Waals surface area contributed by atoms with Crippen molar-refractivity contribution < 1.29 is 9.53 Å². The number of carbonyl (C=O) groups excluding carboxylic acids is 1. The largest absolute Gasteiger partial charge is 0.356 e. The first kappa shape index (κ1) is 18.2. The van der Waals surface area contributed by atoms with E-state index in [0.717, 1.165) is 62.5 Å². The topological polar surface area (TPSA) is 58.6 Å². The third-order valence-electron chi connectivity index (χ3n) is 6.46. The maximum atomic E-state index is 13.5. The highest BCUT2D eigenvalue weighted by molar-refractivity contribution is 7.98. The summed E-state index contributed by atoms with van der Waals surface area (Å²) in [5.74, 6) is 1.14. The summed E-state index contributed by atoms with van der Waals surface area (Å²) in [4.78, 5) is 26.4. The van der Waals surface area contributed by atoms with Gasteiger partial charge in [-0.1, -0.05) is 18.2 Å². The van der Waals surface area contributed by atoms with Crippen molar-refractivity contribution in [2.45, 2.75) is 61.4 Å². The van der Waals surface area contributed by atoms with E-state index >= 15 is 0 Å². The Balaban J connectivity index is 1.31. The Morgan fingerprint density at radius 1 is 1.21 bits per heavy atom. The summed E-state index contributed by atoms with van der Waals surface area (Å²) in [5, 5.41) is 0.968. The van der Waals surface area contributed by atoms with Crippen LogP contribution in [0.2, 0.25) is 0 Å². The standard InChI is InChI=1S/C21H26N4O2S/c1-28-18-13-17(22-14-23-18)24-11-9-21(10-12-24)20(26)25-16(7-8-19(25)27-21)15-5-3-2-4-6-15/h3,5-6,13-14,16,19H,2,4,7-12H2,1H3/t16-,19+/m0/s1. The van der Waals surface area contributed by atoms with Crippen LogP contribution in [0.3, 0.4) is 0 Å². The monoisotopic (exact) mass is 398 g/mol. The molecular formula is C21H26N4O2S. The van der Waals surface area contributed by atoms with Crippen molar-refractivity contribution in [3.63, 3.8) is 0 Å². The van der Waals surface area contributed by atoms with Gasteiger partial charge in [-0.05, 0) is 37.5 Å². The molecule has 3 fully saturated rings. The van der Waals surface area contributed by atoms with Gasteiger partial charge >= 0.3 is 0 Å². The van der Waals surface area contributed by atoms with Gasteiger partial charge in [0.15, 0.2) is 5.60 Å². The summed E-state index contributed by atoms with van der Waals surface area (Å²) in [5.41, 5.74) is 0.652. The van der Waals surface area contributed by atoms with E-state index in [1.54, 1.807) is 18.1 Å². The number of aromatic nitrogens is 2. The molecule has 3 aliphatic heterocycles. The van der Waals surface area contributed by atoms with E-state index in [9.17, 15) is 4.79 Å². The van der Waals surface area contributed by atoms with Crippen molar-refractivity contribution in [2.75, 3.05) is 24.2 Å². The third-order valence-corrected chi connectivity index (χ3v) is 7.10. The van der Waals surface area contributed by atoms with E-state index in [4.69, 9.17) is 4.74 Å². The molecule has 28 heavy (non-hydrogen) atoms. The molecule has 4 heterocycles. The highest BCUT2D eigenvalue weighted by Crippen LogP contribution is 2.45. The van der Waals surface area contributed by atoms with Gasteiger partial charge in [0, 0.05) is 32.0 Å². The molecule has 0 saturated carbocycles. The zero-order chi connectivity index (χ0) is 19.1. The molecule has 1 aromatic rings. The first-order chi connectivity index (χ1) is 13.7. The lowest BCUT2D eigenvalue weighted by atomic mass is 9.89. The summed E-state index contributed by atoms with van der Waals surface area (Å²) in [6, 6.07) is 2.22. The van der Waals surface area contributed by atoms with Crippen LogP contribution in [0.1, 0.15) is 38.5 Å². The van der Waals surface area contributed by atoms with Crippen molar-refractivity contribution in [2.24, 2.45) is 0 Å². The van der Waals surface area contributed by atoms with Crippen LogP contribution in [-0.2, 0) is 9.53 Å². The number of rotatable bonds is 3. The van der Waals surface area contributed by atoms with Gasteiger partial charge in [-0.15, -0.1) is 11.8 Å². The Kier molecular flexibility index (Phi) is 4.67. The number of piperidine rings is 1. The van der Waals surface area contributed by atoms with Gasteiger partial charge in [0.2, 0.25) is 0 Å². The highest BCUT2D eigenvalue weighted by atomic mass is 32.2. The van der Waals surface area contributed by atoms with Gasteiger partial charge in [-0.2, -0.15) is 0 Å². The van der Waals surface area contributed by atoms with Crippen molar-refractivity contribution in [1.82, 2.24) is 14.9 Å². The van der Waals surface area contributed by atoms with E-state index in [1.165, 1.54) is 5.57 Å². The Labute approximate surface area is 170 Å². The molecule has 0 aromatic carbocycles. The second kappa shape index (κ2) is 7.19. The van der Waals surface area contributed by atoms with Crippen LogP contribution >= 0.6 is 11.8 Å². The molecule has 1 aliphatic carbocycles. The first-order valence-corrected chi connectivity index (χ1v) is 11.4. The fraction of sp³-hybridized carbons (Fsp3) is 0.571. The fourth-order valence-corrected chi connectivity index (χ4v) is 5.34. The number of carbonyl (C=O) groups is 1. The summed E-state index contributed by atoms with van der Waals surface area (Å²) < 4.78 is 6.44. The molecule has 1 spiro atoms. The van der Waals surface area contributed by atoms with E-state index in [-0.39, 0.29) is 18.2 Å². The average Bonchev–Trinajstić information content (AvgIpc) is 3.27. The number of amides is 1. The summed E-state index contributed by atoms with van der Waals surface area (Å²) in [6.45, 7) is 1.56. The minimum absolute atomic E-state index is 0.0533. The second-order valence-electron chi connectivity index (χ2n) is 7.96. The Bertz CT molecular complexity index is 831. The van der Waals surface area contributed by atoms with Crippen LogP contribution < -0.4 is 4.90 Å². The number of anilines is 1. The number of fused-ring (bicyclic) bond motifs is 1. The zero-order valence-corrected chi connectivity index (χ0v) is 17.0. The van der Waals surface area contributed by atoms with Crippen molar-refractivity contribution in [3.8, 4) is 0 Å². The summed E-state index contributed by atoms with van der Waals surface area (Å²) in [6.07, 6.45) is 15.9. The van der Waals surface area contributed by atoms with Crippen molar-refractivity contribution in [3.05, 3.63) is 36.2 Å². The smallest absolute Gasteiger partial charge is 0.257 e. The molecule has 0 radical (unpaired) electrons. The number of nitrogens with zero attached hydrogens (tertiary/aromatic N) is 4. The fourth-order valence-electron chi connectivity index (χ4n) is 4.96. The van der Waals surface area contributed by atoms with Gasteiger partial charge in [-0.25, -0.2) is 9.97 Å². The molecular weight excluding hydrogens is 372 g/mol. The molecule has 3 saturated heterocycles. The molecule has 7 heteroatoms. The van der Waals surface area contributed by atoms with Crippen LogP contribution in [0.25, 0.3) is 0 Å². The van der Waals surface area contributed by atoms with Crippen LogP contribution in [0.15, 0.2) is 41.2 Å². The quantitative estimate of drug-likeness (QED) is 0.576. The minimum atomic E-state index is -0.645.